The lowest BCUT2D eigenvalue weighted by molar-refractivity contribution is -0.141. The van der Waals surface area contributed by atoms with Crippen molar-refractivity contribution in [3.05, 3.63) is 23.3 Å². The van der Waals surface area contributed by atoms with Crippen molar-refractivity contribution in [2.24, 2.45) is 0 Å². The van der Waals surface area contributed by atoms with Gasteiger partial charge in [-0.05, 0) is 36.6 Å². The molecule has 1 aliphatic rings. The van der Waals surface area contributed by atoms with E-state index in [1.54, 1.807) is 12.1 Å². The largest absolute Gasteiger partial charge is 0.493 e. The number of sulfone groups is 1. The van der Waals surface area contributed by atoms with Crippen molar-refractivity contribution in [2.75, 3.05) is 27.0 Å². The van der Waals surface area contributed by atoms with Crippen LogP contribution in [0, 0.1) is 0 Å². The number of carbonyl (C=O) groups excluding carboxylic acids is 1. The average Bonchev–Trinajstić information content (AvgIpc) is 2.58. The summed E-state index contributed by atoms with van der Waals surface area (Å²) in [5.41, 5.74) is 1.48. The quantitative estimate of drug-likeness (QED) is 0.779. The summed E-state index contributed by atoms with van der Waals surface area (Å²) in [4.78, 5) is 25.4. The molecule has 1 aliphatic heterocycles. The van der Waals surface area contributed by atoms with Gasteiger partial charge in [0.2, 0.25) is 5.91 Å². The first-order chi connectivity index (χ1) is 12.1. The highest BCUT2D eigenvalue weighted by Crippen LogP contribution is 2.39. The van der Waals surface area contributed by atoms with E-state index in [4.69, 9.17) is 9.47 Å². The third kappa shape index (κ3) is 3.92. The Morgan fingerprint density at radius 1 is 1.27 bits per heavy atom. The maximum Gasteiger partial charge on any atom is 0.305 e. The van der Waals surface area contributed by atoms with Crippen LogP contribution in [0.4, 0.5) is 0 Å². The fraction of sp³-hybridized carbons (Fsp3) is 0.529. The maximum absolute atomic E-state index is 12.7. The molecule has 2 rings (SSSR count). The van der Waals surface area contributed by atoms with Crippen LogP contribution in [0.3, 0.4) is 0 Å². The molecule has 0 radical (unpaired) electrons. The zero-order valence-electron chi connectivity index (χ0n) is 15.2. The number of aliphatic carboxylic acids is 1. The predicted octanol–water partition coefficient (Wildman–Crippen LogP) is 1.04. The minimum absolute atomic E-state index is 0.235. The summed E-state index contributed by atoms with van der Waals surface area (Å²) in [6.45, 7) is 1.55. The fourth-order valence-corrected chi connectivity index (χ4v) is 3.60. The zero-order chi connectivity index (χ0) is 19.6. The van der Waals surface area contributed by atoms with Gasteiger partial charge in [-0.1, -0.05) is 0 Å². The van der Waals surface area contributed by atoms with E-state index in [-0.39, 0.29) is 13.0 Å². The number of benzene rings is 1. The van der Waals surface area contributed by atoms with Crippen LogP contribution in [-0.2, 0) is 25.8 Å². The topological polar surface area (TPSA) is 110 Å². The molecule has 0 bridgehead atoms. The van der Waals surface area contributed by atoms with E-state index < -0.39 is 33.0 Å². The Bertz CT molecular complexity index is 819. The van der Waals surface area contributed by atoms with E-state index in [0.29, 0.717) is 23.5 Å². The molecule has 0 saturated carbocycles. The molecule has 26 heavy (non-hydrogen) atoms. The van der Waals surface area contributed by atoms with Gasteiger partial charge in [-0.15, -0.1) is 0 Å². The maximum atomic E-state index is 12.7. The first-order valence-corrected chi connectivity index (χ1v) is 10.0. The van der Waals surface area contributed by atoms with E-state index in [1.165, 1.54) is 26.0 Å². The summed E-state index contributed by atoms with van der Waals surface area (Å²) >= 11 is 0. The van der Waals surface area contributed by atoms with Crippen molar-refractivity contribution < 1.29 is 32.6 Å². The molecule has 0 fully saturated rings. The van der Waals surface area contributed by atoms with Gasteiger partial charge in [-0.2, -0.15) is 0 Å². The molecule has 0 aromatic heterocycles. The van der Waals surface area contributed by atoms with Crippen LogP contribution in [-0.4, -0.2) is 62.6 Å². The Balaban J connectivity index is 2.51. The molecule has 1 aromatic carbocycles. The first-order valence-electron chi connectivity index (χ1n) is 8.06. The lowest BCUT2D eigenvalue weighted by Gasteiger charge is -2.38. The minimum Gasteiger partial charge on any atom is -0.493 e. The second-order valence-corrected chi connectivity index (χ2v) is 8.64. The SMILES string of the molecule is COc1cc2c(cc1OC)C(CC(=O)O)N(C(=O)C(C)S(C)(=O)=O)CC2. The van der Waals surface area contributed by atoms with E-state index in [2.05, 4.69) is 0 Å². The summed E-state index contributed by atoms with van der Waals surface area (Å²) in [6, 6.07) is 2.66. The second-order valence-electron chi connectivity index (χ2n) is 6.27. The summed E-state index contributed by atoms with van der Waals surface area (Å²) < 4.78 is 34.1. The van der Waals surface area contributed by atoms with Gasteiger partial charge in [0, 0.05) is 12.8 Å². The number of methoxy groups -OCH3 is 2. The smallest absolute Gasteiger partial charge is 0.305 e. The third-order valence-electron chi connectivity index (χ3n) is 4.64. The van der Waals surface area contributed by atoms with Crippen LogP contribution in [0.1, 0.15) is 30.5 Å². The van der Waals surface area contributed by atoms with Crippen LogP contribution in [0.5, 0.6) is 11.5 Å². The number of nitrogens with zero attached hydrogens (tertiary/aromatic N) is 1. The monoisotopic (exact) mass is 385 g/mol. The molecular weight excluding hydrogens is 362 g/mol. The minimum atomic E-state index is -3.59. The van der Waals surface area contributed by atoms with Crippen molar-refractivity contribution in [1.82, 2.24) is 4.90 Å². The van der Waals surface area contributed by atoms with Crippen molar-refractivity contribution >= 4 is 21.7 Å². The van der Waals surface area contributed by atoms with E-state index in [9.17, 15) is 23.1 Å². The van der Waals surface area contributed by atoms with Gasteiger partial charge in [0.1, 0.15) is 5.25 Å². The number of carbonyl (C=O) groups is 2. The number of amides is 1. The zero-order valence-corrected chi connectivity index (χ0v) is 16.0. The summed E-state index contributed by atoms with van der Waals surface area (Å²) in [5, 5.41) is 8.07. The molecule has 2 unspecified atom stereocenters. The van der Waals surface area contributed by atoms with Gasteiger partial charge in [-0.25, -0.2) is 8.42 Å². The number of carboxylic acid groups (broad SMARTS) is 1. The number of hydrogen-bond donors (Lipinski definition) is 1. The van der Waals surface area contributed by atoms with E-state index in [1.807, 2.05) is 0 Å². The second kappa shape index (κ2) is 7.53. The summed E-state index contributed by atoms with van der Waals surface area (Å²) in [6.07, 6.45) is 1.13. The number of rotatable bonds is 6. The van der Waals surface area contributed by atoms with Crippen LogP contribution < -0.4 is 9.47 Å². The van der Waals surface area contributed by atoms with Crippen LogP contribution in [0.25, 0.3) is 0 Å². The highest BCUT2D eigenvalue weighted by atomic mass is 32.2. The highest BCUT2D eigenvalue weighted by Gasteiger charge is 2.37. The Morgan fingerprint density at radius 2 is 1.85 bits per heavy atom. The molecular formula is C17H23NO7S. The molecule has 0 spiro atoms. The van der Waals surface area contributed by atoms with Gasteiger partial charge >= 0.3 is 5.97 Å². The normalized spacial score (nSPS) is 18.0. The molecule has 0 aliphatic carbocycles. The Hall–Kier alpha value is -2.29. The molecule has 1 amide bonds. The van der Waals surface area contributed by atoms with Crippen LogP contribution in [0.2, 0.25) is 0 Å². The Morgan fingerprint density at radius 3 is 2.35 bits per heavy atom. The van der Waals surface area contributed by atoms with Gasteiger partial charge in [0.05, 0.1) is 26.7 Å². The van der Waals surface area contributed by atoms with E-state index in [0.717, 1.165) is 11.8 Å². The number of hydrogen-bond acceptors (Lipinski definition) is 6. The Kier molecular flexibility index (Phi) is 5.80. The van der Waals surface area contributed by atoms with Crippen molar-refractivity contribution in [3.8, 4) is 11.5 Å². The van der Waals surface area contributed by atoms with Gasteiger partial charge < -0.3 is 19.5 Å². The molecule has 144 valence electrons. The van der Waals surface area contributed by atoms with Crippen molar-refractivity contribution in [3.63, 3.8) is 0 Å². The van der Waals surface area contributed by atoms with Gasteiger partial charge in [0.25, 0.3) is 0 Å². The summed E-state index contributed by atoms with van der Waals surface area (Å²) in [5.74, 6) is -0.738. The van der Waals surface area contributed by atoms with Crippen molar-refractivity contribution in [2.45, 2.75) is 31.1 Å². The van der Waals surface area contributed by atoms with Crippen LogP contribution in [0.15, 0.2) is 12.1 Å². The molecule has 1 aromatic rings. The predicted molar refractivity (Wildman–Crippen MR) is 94.3 cm³/mol. The standard InChI is InChI=1S/C17H23NO7S/c1-10(26(4,22)23)17(21)18-6-5-11-7-14(24-2)15(25-3)8-12(11)13(18)9-16(19)20/h7-8,10,13H,5-6,9H2,1-4H3,(H,19,20). The molecule has 1 N–H and O–H groups in total. The van der Waals surface area contributed by atoms with E-state index >= 15 is 0 Å². The summed E-state index contributed by atoms with van der Waals surface area (Å²) in [7, 11) is -0.616. The lowest BCUT2D eigenvalue weighted by Crippen LogP contribution is -2.47. The van der Waals surface area contributed by atoms with Gasteiger partial charge in [0.15, 0.2) is 21.3 Å². The number of fused-ring (bicyclic) bond motifs is 1. The highest BCUT2D eigenvalue weighted by molar-refractivity contribution is 7.92. The molecule has 8 nitrogen and oxygen atoms in total. The lowest BCUT2D eigenvalue weighted by atomic mass is 9.89. The first kappa shape index (κ1) is 20.0. The van der Waals surface area contributed by atoms with Crippen molar-refractivity contribution in [1.29, 1.82) is 0 Å². The average molecular weight is 385 g/mol. The van der Waals surface area contributed by atoms with Gasteiger partial charge in [-0.3, -0.25) is 9.59 Å². The molecule has 0 saturated heterocycles. The Labute approximate surface area is 152 Å². The molecule has 2 atom stereocenters. The molecule has 9 heteroatoms. The van der Waals surface area contributed by atoms with Crippen LogP contribution >= 0.6 is 0 Å². The fourth-order valence-electron chi connectivity index (χ4n) is 3.09. The number of carboxylic acids is 1. The number of ether oxygens (including phenoxy) is 2. The third-order valence-corrected chi connectivity index (χ3v) is 6.13. The molecule has 1 heterocycles.